The van der Waals surface area contributed by atoms with E-state index in [4.69, 9.17) is 9.84 Å². The number of carboxylic acids is 1. The number of hydrogen-bond donors (Lipinski definition) is 1. The number of carboxylic acid groups (broad SMARTS) is 1. The first kappa shape index (κ1) is 15.5. The molecule has 21 heavy (non-hydrogen) atoms. The smallest absolute Gasteiger partial charge is 0.332 e. The maximum Gasteiger partial charge on any atom is 0.332 e. The summed E-state index contributed by atoms with van der Waals surface area (Å²) >= 11 is 1.40. The number of para-hydroxylation sites is 1. The molecule has 0 aliphatic rings. The van der Waals surface area contributed by atoms with Gasteiger partial charge in [-0.15, -0.1) is 5.10 Å². The monoisotopic (exact) mass is 308 g/mol. The molecule has 0 amide bonds. The van der Waals surface area contributed by atoms with Crippen LogP contribution < -0.4 is 0 Å². The van der Waals surface area contributed by atoms with Gasteiger partial charge in [0.05, 0.1) is 5.69 Å². The van der Waals surface area contributed by atoms with Gasteiger partial charge in [0.2, 0.25) is 5.16 Å². The fourth-order valence-corrected chi connectivity index (χ4v) is 2.61. The molecule has 0 saturated carbocycles. The second kappa shape index (κ2) is 7.75. The maximum absolute atomic E-state index is 11.0. The molecule has 1 unspecified atom stereocenters. The first-order chi connectivity index (χ1) is 10.2. The molecule has 8 heteroatoms. The molecular formula is C13H16N4O3S. The van der Waals surface area contributed by atoms with Crippen molar-refractivity contribution in [1.82, 2.24) is 20.2 Å². The van der Waals surface area contributed by atoms with Gasteiger partial charge in [0.1, 0.15) is 0 Å². The third kappa shape index (κ3) is 4.27. The molecule has 0 fully saturated rings. The summed E-state index contributed by atoms with van der Waals surface area (Å²) in [7, 11) is 0. The largest absolute Gasteiger partial charge is 0.479 e. The summed E-state index contributed by atoms with van der Waals surface area (Å²) in [5, 5.41) is 21.2. The molecule has 112 valence electrons. The summed E-state index contributed by atoms with van der Waals surface area (Å²) in [4.78, 5) is 11.0. The number of benzene rings is 1. The number of rotatable bonds is 8. The lowest BCUT2D eigenvalue weighted by molar-refractivity contribution is -0.150. The van der Waals surface area contributed by atoms with Crippen LogP contribution in [0, 0.1) is 0 Å². The van der Waals surface area contributed by atoms with E-state index < -0.39 is 12.1 Å². The van der Waals surface area contributed by atoms with Crippen LogP contribution in [0.4, 0.5) is 0 Å². The topological polar surface area (TPSA) is 90.1 Å². The Morgan fingerprint density at radius 2 is 2.19 bits per heavy atom. The van der Waals surface area contributed by atoms with Crippen LogP contribution in [0.2, 0.25) is 0 Å². The van der Waals surface area contributed by atoms with Crippen molar-refractivity contribution >= 4 is 17.7 Å². The van der Waals surface area contributed by atoms with Gasteiger partial charge in [-0.25, -0.2) is 4.79 Å². The molecule has 2 aromatic rings. The third-order valence-electron chi connectivity index (χ3n) is 2.70. The van der Waals surface area contributed by atoms with Gasteiger partial charge in [-0.3, -0.25) is 0 Å². The Balaban J connectivity index is 1.96. The Hall–Kier alpha value is -1.93. The molecule has 0 spiro atoms. The Morgan fingerprint density at radius 1 is 1.43 bits per heavy atom. The van der Waals surface area contributed by atoms with Crippen LogP contribution in [0.25, 0.3) is 5.69 Å². The predicted octanol–water partition coefficient (Wildman–Crippen LogP) is 1.63. The van der Waals surface area contributed by atoms with Crippen LogP contribution in [-0.4, -0.2) is 49.7 Å². The van der Waals surface area contributed by atoms with Gasteiger partial charge in [0.15, 0.2) is 6.10 Å². The van der Waals surface area contributed by atoms with Crippen LogP contribution in [-0.2, 0) is 9.53 Å². The van der Waals surface area contributed by atoms with Crippen LogP contribution >= 0.6 is 11.8 Å². The fraction of sp³-hybridized carbons (Fsp3) is 0.385. The predicted molar refractivity (Wildman–Crippen MR) is 77.5 cm³/mol. The van der Waals surface area contributed by atoms with E-state index in [1.807, 2.05) is 30.3 Å². The zero-order valence-corrected chi connectivity index (χ0v) is 12.4. The van der Waals surface area contributed by atoms with Gasteiger partial charge >= 0.3 is 5.97 Å². The van der Waals surface area contributed by atoms with Crippen molar-refractivity contribution in [2.24, 2.45) is 0 Å². The van der Waals surface area contributed by atoms with Gasteiger partial charge < -0.3 is 9.84 Å². The summed E-state index contributed by atoms with van der Waals surface area (Å²) in [6.45, 7) is 2.16. The van der Waals surface area contributed by atoms with Gasteiger partial charge in [-0.1, -0.05) is 30.0 Å². The Morgan fingerprint density at radius 3 is 2.86 bits per heavy atom. The molecular weight excluding hydrogens is 292 g/mol. The highest BCUT2D eigenvalue weighted by molar-refractivity contribution is 7.99. The second-order valence-corrected chi connectivity index (χ2v) is 5.19. The van der Waals surface area contributed by atoms with Crippen molar-refractivity contribution in [2.75, 3.05) is 12.4 Å². The molecule has 0 aliphatic heterocycles. The minimum atomic E-state index is -0.944. The van der Waals surface area contributed by atoms with Crippen molar-refractivity contribution in [3.8, 4) is 5.69 Å². The van der Waals surface area contributed by atoms with E-state index in [0.717, 1.165) is 5.69 Å². The average Bonchev–Trinajstić information content (AvgIpc) is 2.95. The quantitative estimate of drug-likeness (QED) is 0.741. The van der Waals surface area contributed by atoms with Crippen molar-refractivity contribution < 1.29 is 14.6 Å². The first-order valence-corrected chi connectivity index (χ1v) is 7.52. The number of thioether (sulfide) groups is 1. The molecule has 0 radical (unpaired) electrons. The normalized spacial score (nSPS) is 12.2. The lowest BCUT2D eigenvalue weighted by atomic mass is 10.3. The van der Waals surface area contributed by atoms with Gasteiger partial charge in [-0.2, -0.15) is 4.68 Å². The molecule has 0 aliphatic carbocycles. The van der Waals surface area contributed by atoms with E-state index in [-0.39, 0.29) is 0 Å². The zero-order valence-electron chi connectivity index (χ0n) is 11.5. The average molecular weight is 308 g/mol. The van der Waals surface area contributed by atoms with Crippen LogP contribution in [0.1, 0.15) is 13.3 Å². The number of carbonyl (C=O) groups is 1. The Labute approximate surface area is 126 Å². The second-order valence-electron chi connectivity index (χ2n) is 4.13. The molecule has 0 bridgehead atoms. The van der Waals surface area contributed by atoms with Gasteiger partial charge in [0.25, 0.3) is 0 Å². The minimum absolute atomic E-state index is 0.378. The highest BCUT2D eigenvalue weighted by Gasteiger charge is 2.18. The highest BCUT2D eigenvalue weighted by Crippen LogP contribution is 2.19. The first-order valence-electron chi connectivity index (χ1n) is 6.53. The summed E-state index contributed by atoms with van der Waals surface area (Å²) in [5.74, 6) is -0.385. The lowest BCUT2D eigenvalue weighted by Gasteiger charge is -2.11. The van der Waals surface area contributed by atoms with E-state index in [1.54, 1.807) is 11.6 Å². The molecule has 1 N–H and O–H groups in total. The van der Waals surface area contributed by atoms with Crippen LogP contribution in [0.15, 0.2) is 35.5 Å². The summed E-state index contributed by atoms with van der Waals surface area (Å²) in [6.07, 6.45) is -0.390. The molecule has 0 saturated heterocycles. The van der Waals surface area contributed by atoms with Crippen molar-refractivity contribution in [3.63, 3.8) is 0 Å². The fourth-order valence-electron chi connectivity index (χ4n) is 1.74. The van der Waals surface area contributed by atoms with Crippen molar-refractivity contribution in [2.45, 2.75) is 24.6 Å². The van der Waals surface area contributed by atoms with E-state index in [2.05, 4.69) is 15.5 Å². The number of nitrogens with zero attached hydrogens (tertiary/aromatic N) is 4. The Kier molecular flexibility index (Phi) is 5.70. The Bertz CT molecular complexity index is 576. The van der Waals surface area contributed by atoms with E-state index in [0.29, 0.717) is 23.9 Å². The number of tetrazole rings is 1. The zero-order chi connectivity index (χ0) is 15.1. The summed E-state index contributed by atoms with van der Waals surface area (Å²) < 4.78 is 6.79. The summed E-state index contributed by atoms with van der Waals surface area (Å²) in [5.41, 5.74) is 0.865. The molecule has 1 atom stereocenters. The standard InChI is InChI=1S/C13H16N4O3S/c1-2-20-11(12(18)19)8-9-21-13-14-15-16-17(13)10-6-4-3-5-7-10/h3-7,11H,2,8-9H2,1H3,(H,18,19). The van der Waals surface area contributed by atoms with Crippen molar-refractivity contribution in [1.29, 1.82) is 0 Å². The van der Waals surface area contributed by atoms with Crippen LogP contribution in [0.5, 0.6) is 0 Å². The minimum Gasteiger partial charge on any atom is -0.479 e. The highest BCUT2D eigenvalue weighted by atomic mass is 32.2. The number of ether oxygens (including phenoxy) is 1. The lowest BCUT2D eigenvalue weighted by Crippen LogP contribution is -2.24. The SMILES string of the molecule is CCOC(CCSc1nnnn1-c1ccccc1)C(=O)O. The summed E-state index contributed by atoms with van der Waals surface area (Å²) in [6, 6.07) is 9.53. The van der Waals surface area contributed by atoms with E-state index >= 15 is 0 Å². The van der Waals surface area contributed by atoms with Crippen molar-refractivity contribution in [3.05, 3.63) is 30.3 Å². The molecule has 1 aromatic heterocycles. The number of aliphatic carboxylic acids is 1. The van der Waals surface area contributed by atoms with Gasteiger partial charge in [0, 0.05) is 12.4 Å². The van der Waals surface area contributed by atoms with Crippen LogP contribution in [0.3, 0.4) is 0 Å². The molecule has 7 nitrogen and oxygen atoms in total. The molecule has 1 heterocycles. The third-order valence-corrected chi connectivity index (χ3v) is 3.65. The maximum atomic E-state index is 11.0. The molecule has 2 rings (SSSR count). The van der Waals surface area contributed by atoms with E-state index in [1.165, 1.54) is 11.8 Å². The number of hydrogen-bond acceptors (Lipinski definition) is 6. The van der Waals surface area contributed by atoms with Gasteiger partial charge in [-0.05, 0) is 35.9 Å². The van der Waals surface area contributed by atoms with E-state index in [9.17, 15) is 4.79 Å². The number of aromatic nitrogens is 4. The molecule has 1 aromatic carbocycles.